The number of hydrogen-bond donors (Lipinski definition) is 1. The van der Waals surface area contributed by atoms with Crippen molar-refractivity contribution in [3.8, 4) is 11.5 Å². The van der Waals surface area contributed by atoms with Gasteiger partial charge in [0.2, 0.25) is 0 Å². The molecule has 8 heteroatoms. The van der Waals surface area contributed by atoms with Crippen molar-refractivity contribution >= 4 is 5.91 Å². The fourth-order valence-corrected chi connectivity index (χ4v) is 3.52. The van der Waals surface area contributed by atoms with Crippen LogP contribution in [0.1, 0.15) is 38.4 Å². The highest BCUT2D eigenvalue weighted by atomic mass is 19.3. The summed E-state index contributed by atoms with van der Waals surface area (Å²) in [4.78, 5) is 12.8. The first-order chi connectivity index (χ1) is 15.3. The number of hydrogen-bond acceptors (Lipinski definition) is 4. The summed E-state index contributed by atoms with van der Waals surface area (Å²) < 4.78 is 36.3. The maximum Gasteiger partial charge on any atom is 0.387 e. The summed E-state index contributed by atoms with van der Waals surface area (Å²) in [5, 5.41) is 7.45. The topological polar surface area (TPSA) is 65.4 Å². The van der Waals surface area contributed by atoms with Crippen LogP contribution in [0.3, 0.4) is 0 Å². The first-order valence-corrected chi connectivity index (χ1v) is 10.3. The van der Waals surface area contributed by atoms with Gasteiger partial charge in [-0.25, -0.2) is 0 Å². The molecule has 0 saturated carbocycles. The summed E-state index contributed by atoms with van der Waals surface area (Å²) in [6, 6.07) is 12.9. The Hall–Kier alpha value is -3.42. The second-order valence-corrected chi connectivity index (χ2v) is 7.56. The Morgan fingerprint density at radius 2 is 1.75 bits per heavy atom. The summed E-state index contributed by atoms with van der Waals surface area (Å²) in [6.45, 7) is 3.78. The van der Waals surface area contributed by atoms with E-state index in [1.807, 2.05) is 25.5 Å². The number of halogens is 2. The zero-order valence-electron chi connectivity index (χ0n) is 18.6. The Balaban J connectivity index is 1.63. The van der Waals surface area contributed by atoms with Crippen LogP contribution in [-0.2, 0) is 13.0 Å². The lowest BCUT2D eigenvalue weighted by Crippen LogP contribution is -2.26. The minimum absolute atomic E-state index is 0.0254. The molecule has 2 aromatic carbocycles. The van der Waals surface area contributed by atoms with E-state index in [-0.39, 0.29) is 17.4 Å². The molecule has 6 nitrogen and oxygen atoms in total. The van der Waals surface area contributed by atoms with Crippen LogP contribution in [0.4, 0.5) is 8.78 Å². The highest BCUT2D eigenvalue weighted by Crippen LogP contribution is 2.29. The smallest absolute Gasteiger partial charge is 0.387 e. The fourth-order valence-electron chi connectivity index (χ4n) is 3.52. The number of rotatable bonds is 9. The zero-order valence-corrected chi connectivity index (χ0v) is 18.6. The maximum atomic E-state index is 12.8. The van der Waals surface area contributed by atoms with Crippen molar-refractivity contribution in [2.45, 2.75) is 40.3 Å². The van der Waals surface area contributed by atoms with Crippen LogP contribution in [0.15, 0.2) is 42.5 Å². The number of alkyl halides is 2. The number of carbonyl (C=O) groups is 1. The molecule has 3 rings (SSSR count). The predicted octanol–water partition coefficient (Wildman–Crippen LogP) is 4.44. The number of benzene rings is 2. The van der Waals surface area contributed by atoms with Crippen LogP contribution in [-0.4, -0.2) is 36.0 Å². The molecule has 0 aliphatic heterocycles. The van der Waals surface area contributed by atoms with Gasteiger partial charge < -0.3 is 14.8 Å². The van der Waals surface area contributed by atoms with Crippen molar-refractivity contribution in [2.75, 3.05) is 13.7 Å². The number of aryl methyl sites for hydroxylation is 2. The van der Waals surface area contributed by atoms with Gasteiger partial charge in [0.15, 0.2) is 11.5 Å². The summed E-state index contributed by atoms with van der Waals surface area (Å²) in [5.41, 5.74) is 5.16. The molecule has 0 aliphatic carbocycles. The number of methoxy groups -OCH3 is 1. The maximum absolute atomic E-state index is 12.8. The van der Waals surface area contributed by atoms with Gasteiger partial charge in [0.1, 0.15) is 0 Å². The van der Waals surface area contributed by atoms with E-state index in [4.69, 9.17) is 4.74 Å². The molecule has 1 aromatic heterocycles. The van der Waals surface area contributed by atoms with Gasteiger partial charge in [-0.15, -0.1) is 0 Å². The van der Waals surface area contributed by atoms with Crippen molar-refractivity contribution in [1.82, 2.24) is 15.1 Å². The van der Waals surface area contributed by atoms with Crippen molar-refractivity contribution in [3.05, 3.63) is 76.1 Å². The number of nitrogens with zero attached hydrogens (tertiary/aromatic N) is 2. The highest BCUT2D eigenvalue weighted by molar-refractivity contribution is 5.96. The zero-order chi connectivity index (χ0) is 23.3. The van der Waals surface area contributed by atoms with Gasteiger partial charge in [-0.1, -0.05) is 35.9 Å². The second kappa shape index (κ2) is 10.3. The summed E-state index contributed by atoms with van der Waals surface area (Å²) >= 11 is 0. The molecule has 0 saturated heterocycles. The first kappa shape index (κ1) is 23.2. The Bertz CT molecular complexity index is 1080. The summed E-state index contributed by atoms with van der Waals surface area (Å²) in [5.74, 6) is 0.000462. The normalized spacial score (nSPS) is 11.0. The van der Waals surface area contributed by atoms with E-state index in [1.165, 1.54) is 18.7 Å². The second-order valence-electron chi connectivity index (χ2n) is 7.56. The number of ether oxygens (including phenoxy) is 2. The minimum Gasteiger partial charge on any atom is -0.493 e. The third-order valence-electron chi connectivity index (χ3n) is 5.20. The molecule has 170 valence electrons. The monoisotopic (exact) mass is 443 g/mol. The van der Waals surface area contributed by atoms with E-state index in [0.717, 1.165) is 16.8 Å². The number of amides is 1. The van der Waals surface area contributed by atoms with Gasteiger partial charge in [-0.05, 0) is 50.5 Å². The lowest BCUT2D eigenvalue weighted by molar-refractivity contribution is -0.0512. The lowest BCUT2D eigenvalue weighted by Gasteiger charge is -2.12. The van der Waals surface area contributed by atoms with Crippen LogP contribution in [0, 0.1) is 20.8 Å². The quantitative estimate of drug-likeness (QED) is 0.531. The molecule has 0 radical (unpaired) electrons. The third kappa shape index (κ3) is 5.63. The Morgan fingerprint density at radius 1 is 1.06 bits per heavy atom. The van der Waals surface area contributed by atoms with E-state index < -0.39 is 6.61 Å². The SMILES string of the molecule is COc1cc(CCNC(=O)c2c(C)nn(Cc3ccc(C)cc3)c2C)ccc1OC(F)F. The molecule has 0 aliphatic rings. The fraction of sp³-hybridized carbons (Fsp3) is 0.333. The Morgan fingerprint density at radius 3 is 2.41 bits per heavy atom. The largest absolute Gasteiger partial charge is 0.493 e. The van der Waals surface area contributed by atoms with Gasteiger partial charge in [-0.2, -0.15) is 13.9 Å². The molecule has 1 amide bonds. The lowest BCUT2D eigenvalue weighted by atomic mass is 10.1. The van der Waals surface area contributed by atoms with E-state index in [9.17, 15) is 13.6 Å². The van der Waals surface area contributed by atoms with Gasteiger partial charge in [0, 0.05) is 12.2 Å². The van der Waals surface area contributed by atoms with E-state index >= 15 is 0 Å². The van der Waals surface area contributed by atoms with E-state index in [1.54, 1.807) is 12.1 Å². The molecule has 1 heterocycles. The molecular weight excluding hydrogens is 416 g/mol. The number of nitrogens with one attached hydrogen (secondary N) is 1. The minimum atomic E-state index is -2.92. The molecule has 0 fully saturated rings. The van der Waals surface area contributed by atoms with Crippen LogP contribution in [0.2, 0.25) is 0 Å². The average Bonchev–Trinajstić information content (AvgIpc) is 3.03. The van der Waals surface area contributed by atoms with Gasteiger partial charge >= 0.3 is 6.61 Å². The highest BCUT2D eigenvalue weighted by Gasteiger charge is 2.18. The Labute approximate surface area is 186 Å². The average molecular weight is 443 g/mol. The first-order valence-electron chi connectivity index (χ1n) is 10.3. The van der Waals surface area contributed by atoms with Crippen molar-refractivity contribution in [2.24, 2.45) is 0 Å². The van der Waals surface area contributed by atoms with Crippen molar-refractivity contribution in [3.63, 3.8) is 0 Å². The molecule has 0 unspecified atom stereocenters. The van der Waals surface area contributed by atoms with Gasteiger partial charge in [-0.3, -0.25) is 9.48 Å². The molecule has 32 heavy (non-hydrogen) atoms. The van der Waals surface area contributed by atoms with Crippen LogP contribution >= 0.6 is 0 Å². The van der Waals surface area contributed by atoms with Crippen molar-refractivity contribution in [1.29, 1.82) is 0 Å². The standard InChI is InChI=1S/C24H27F2N3O3/c1-15-5-7-19(8-6-15)14-29-17(3)22(16(2)28-29)23(30)27-12-11-18-9-10-20(32-24(25)26)21(13-18)31-4/h5-10,13,24H,11-12,14H2,1-4H3,(H,27,30). The molecule has 1 N–H and O–H groups in total. The number of carbonyl (C=O) groups excluding carboxylic acids is 1. The Kier molecular flexibility index (Phi) is 7.45. The number of aromatic nitrogens is 2. The predicted molar refractivity (Wildman–Crippen MR) is 118 cm³/mol. The van der Waals surface area contributed by atoms with Crippen molar-refractivity contribution < 1.29 is 23.0 Å². The van der Waals surface area contributed by atoms with E-state index in [2.05, 4.69) is 39.4 Å². The van der Waals surface area contributed by atoms with Crippen LogP contribution in [0.5, 0.6) is 11.5 Å². The molecule has 0 bridgehead atoms. The summed E-state index contributed by atoms with van der Waals surface area (Å²) in [6.07, 6.45) is 0.507. The summed E-state index contributed by atoms with van der Waals surface area (Å²) in [7, 11) is 1.39. The molecule has 0 atom stereocenters. The van der Waals surface area contributed by atoms with Gasteiger partial charge in [0.25, 0.3) is 5.91 Å². The molecule has 3 aromatic rings. The third-order valence-corrected chi connectivity index (χ3v) is 5.20. The van der Waals surface area contributed by atoms with Gasteiger partial charge in [0.05, 0.1) is 24.9 Å². The molecular formula is C24H27F2N3O3. The van der Waals surface area contributed by atoms with E-state index in [0.29, 0.717) is 30.8 Å². The van der Waals surface area contributed by atoms with Crippen LogP contribution in [0.25, 0.3) is 0 Å². The van der Waals surface area contributed by atoms with Crippen LogP contribution < -0.4 is 14.8 Å². The molecule has 0 spiro atoms.